The fraction of sp³-hybridized carbons (Fsp3) is 0.462. The summed E-state index contributed by atoms with van der Waals surface area (Å²) < 4.78 is 32.6. The number of nitrogens with zero attached hydrogens (tertiary/aromatic N) is 3. The van der Waals surface area contributed by atoms with Crippen LogP contribution >= 0.6 is 0 Å². The minimum Gasteiger partial charge on any atom is -0.460 e. The van der Waals surface area contributed by atoms with Gasteiger partial charge in [-0.2, -0.15) is 0 Å². The number of imidazole rings is 1. The predicted octanol–water partition coefficient (Wildman–Crippen LogP) is 0.868. The summed E-state index contributed by atoms with van der Waals surface area (Å²) >= 11 is 0. The topological polar surface area (TPSA) is 110 Å². The minimum atomic E-state index is -3.53. The summed E-state index contributed by atoms with van der Waals surface area (Å²) in [5.74, 6) is 0. The van der Waals surface area contributed by atoms with Gasteiger partial charge in [0.05, 0.1) is 12.5 Å². The molecule has 0 aliphatic heterocycles. The first-order chi connectivity index (χ1) is 10.6. The van der Waals surface area contributed by atoms with Gasteiger partial charge < -0.3 is 9.72 Å². The molecule has 2 N–H and O–H groups in total. The zero-order chi connectivity index (χ0) is 15.4. The van der Waals surface area contributed by atoms with E-state index < -0.39 is 10.0 Å². The summed E-state index contributed by atoms with van der Waals surface area (Å²) in [5.41, 5.74) is 0. The van der Waals surface area contributed by atoms with E-state index in [1.165, 1.54) is 12.5 Å². The first-order valence-electron chi connectivity index (χ1n) is 7.08. The number of nitrogens with one attached hydrogen (secondary N) is 2. The van der Waals surface area contributed by atoms with Gasteiger partial charge in [-0.05, 0) is 31.7 Å². The van der Waals surface area contributed by atoms with Crippen LogP contribution in [0.15, 0.2) is 36.0 Å². The fourth-order valence-electron chi connectivity index (χ4n) is 2.47. The van der Waals surface area contributed by atoms with Crippen LogP contribution in [0.1, 0.15) is 25.7 Å². The van der Waals surface area contributed by atoms with E-state index >= 15 is 0 Å². The lowest BCUT2D eigenvalue weighted by Gasteiger charge is -2.28. The van der Waals surface area contributed by atoms with Crippen LogP contribution in [0.4, 0.5) is 0 Å². The van der Waals surface area contributed by atoms with E-state index in [9.17, 15) is 8.42 Å². The summed E-state index contributed by atoms with van der Waals surface area (Å²) in [5, 5.41) is 0.0866. The maximum atomic E-state index is 12.1. The van der Waals surface area contributed by atoms with Crippen molar-refractivity contribution in [2.24, 2.45) is 0 Å². The van der Waals surface area contributed by atoms with Gasteiger partial charge in [0.1, 0.15) is 6.10 Å². The molecule has 1 saturated carbocycles. The Morgan fingerprint density at radius 1 is 1.18 bits per heavy atom. The van der Waals surface area contributed by atoms with Crippen LogP contribution in [0, 0.1) is 0 Å². The normalized spacial score (nSPS) is 22.4. The van der Waals surface area contributed by atoms with Crippen LogP contribution in [0.3, 0.4) is 0 Å². The number of aromatic nitrogens is 4. The van der Waals surface area contributed by atoms with Crippen LogP contribution in [-0.4, -0.2) is 40.5 Å². The van der Waals surface area contributed by atoms with Crippen molar-refractivity contribution in [1.29, 1.82) is 0 Å². The zero-order valence-electron chi connectivity index (χ0n) is 11.8. The van der Waals surface area contributed by atoms with Crippen LogP contribution in [0.2, 0.25) is 0 Å². The Morgan fingerprint density at radius 3 is 2.55 bits per heavy atom. The molecule has 0 radical (unpaired) electrons. The second-order valence-corrected chi connectivity index (χ2v) is 6.84. The molecule has 3 rings (SSSR count). The number of sulfonamides is 1. The van der Waals surface area contributed by atoms with Gasteiger partial charge in [0.15, 0.2) is 5.03 Å². The van der Waals surface area contributed by atoms with Gasteiger partial charge in [-0.3, -0.25) is 0 Å². The van der Waals surface area contributed by atoms with E-state index in [1.807, 2.05) is 0 Å². The van der Waals surface area contributed by atoms with Crippen LogP contribution in [0.25, 0.3) is 0 Å². The van der Waals surface area contributed by atoms with E-state index in [0.717, 1.165) is 12.8 Å². The maximum absolute atomic E-state index is 12.1. The molecule has 2 aromatic heterocycles. The van der Waals surface area contributed by atoms with Gasteiger partial charge in [-0.15, -0.1) is 0 Å². The van der Waals surface area contributed by atoms with Crippen molar-refractivity contribution < 1.29 is 13.2 Å². The highest BCUT2D eigenvalue weighted by Crippen LogP contribution is 2.23. The van der Waals surface area contributed by atoms with Crippen molar-refractivity contribution in [3.05, 3.63) is 31.0 Å². The molecule has 0 unspecified atom stereocenters. The molecule has 1 fully saturated rings. The number of hydrogen-bond donors (Lipinski definition) is 2. The third-order valence-corrected chi connectivity index (χ3v) is 5.02. The molecule has 1 aliphatic carbocycles. The van der Waals surface area contributed by atoms with Crippen LogP contribution in [0.5, 0.6) is 6.01 Å². The summed E-state index contributed by atoms with van der Waals surface area (Å²) in [4.78, 5) is 14.4. The Hall–Kier alpha value is -2.00. The highest BCUT2D eigenvalue weighted by Gasteiger charge is 2.27. The van der Waals surface area contributed by atoms with Crippen molar-refractivity contribution in [1.82, 2.24) is 24.7 Å². The second kappa shape index (κ2) is 6.41. The molecule has 0 amide bonds. The zero-order valence-corrected chi connectivity index (χ0v) is 12.7. The number of aromatic amines is 1. The highest BCUT2D eigenvalue weighted by atomic mass is 32.2. The largest absolute Gasteiger partial charge is 0.460 e. The SMILES string of the molecule is O=S(=O)(NC1CCC(Oc2ncccn2)CC1)c1cnc[nH]1. The Labute approximate surface area is 128 Å². The Bertz CT molecular complexity index is 682. The molecule has 0 saturated heterocycles. The van der Waals surface area contributed by atoms with Gasteiger partial charge in [-0.25, -0.2) is 28.1 Å². The van der Waals surface area contributed by atoms with E-state index in [4.69, 9.17) is 4.74 Å². The molecule has 118 valence electrons. The maximum Gasteiger partial charge on any atom is 0.316 e. The minimum absolute atomic E-state index is 0.0234. The van der Waals surface area contributed by atoms with E-state index in [0.29, 0.717) is 18.9 Å². The molecule has 9 heteroatoms. The molecule has 2 heterocycles. The molecule has 0 bridgehead atoms. The monoisotopic (exact) mass is 323 g/mol. The standard InChI is InChI=1S/C13H17N5O3S/c19-22(20,12-8-14-9-17-12)18-10-2-4-11(5-3-10)21-13-15-6-1-7-16-13/h1,6-11,18H,2-5H2,(H,14,17). The third-order valence-electron chi connectivity index (χ3n) is 3.57. The average Bonchev–Trinajstić information content (AvgIpc) is 3.05. The quantitative estimate of drug-likeness (QED) is 0.845. The molecule has 0 atom stereocenters. The molecule has 1 aliphatic rings. The second-order valence-electron chi connectivity index (χ2n) is 5.16. The molecule has 2 aromatic rings. The summed E-state index contributed by atoms with van der Waals surface area (Å²) in [7, 11) is -3.53. The molecule has 0 spiro atoms. The Balaban J connectivity index is 1.52. The molecule has 0 aromatic carbocycles. The first kappa shape index (κ1) is 14.9. The number of H-pyrrole nitrogens is 1. The van der Waals surface area contributed by atoms with Crippen molar-refractivity contribution in [2.45, 2.75) is 42.9 Å². The van der Waals surface area contributed by atoms with Crippen LogP contribution < -0.4 is 9.46 Å². The van der Waals surface area contributed by atoms with Gasteiger partial charge in [0.2, 0.25) is 0 Å². The number of rotatable bonds is 5. The van der Waals surface area contributed by atoms with Gasteiger partial charge in [-0.1, -0.05) is 0 Å². The van der Waals surface area contributed by atoms with E-state index in [1.54, 1.807) is 18.5 Å². The van der Waals surface area contributed by atoms with Crippen molar-refractivity contribution in [3.8, 4) is 6.01 Å². The Morgan fingerprint density at radius 2 is 1.91 bits per heavy atom. The van der Waals surface area contributed by atoms with Crippen molar-refractivity contribution >= 4 is 10.0 Å². The third kappa shape index (κ3) is 3.60. The van der Waals surface area contributed by atoms with Crippen LogP contribution in [-0.2, 0) is 10.0 Å². The first-order valence-corrected chi connectivity index (χ1v) is 8.56. The summed E-state index contributed by atoms with van der Waals surface area (Å²) in [6, 6.07) is 2.00. The van der Waals surface area contributed by atoms with Gasteiger partial charge in [0, 0.05) is 18.4 Å². The number of ether oxygens (including phenoxy) is 1. The van der Waals surface area contributed by atoms with Crippen molar-refractivity contribution in [3.63, 3.8) is 0 Å². The lowest BCUT2D eigenvalue weighted by Crippen LogP contribution is -2.39. The van der Waals surface area contributed by atoms with E-state index in [2.05, 4.69) is 24.7 Å². The molecular formula is C13H17N5O3S. The predicted molar refractivity (Wildman–Crippen MR) is 77.6 cm³/mol. The smallest absolute Gasteiger partial charge is 0.316 e. The average molecular weight is 323 g/mol. The summed E-state index contributed by atoms with van der Waals surface area (Å²) in [6.45, 7) is 0. The fourth-order valence-corrected chi connectivity index (χ4v) is 3.68. The molecular weight excluding hydrogens is 306 g/mol. The lowest BCUT2D eigenvalue weighted by atomic mass is 9.94. The molecule has 8 nitrogen and oxygen atoms in total. The number of hydrogen-bond acceptors (Lipinski definition) is 6. The highest BCUT2D eigenvalue weighted by molar-refractivity contribution is 7.89. The lowest BCUT2D eigenvalue weighted by molar-refractivity contribution is 0.132. The van der Waals surface area contributed by atoms with Gasteiger partial charge in [0.25, 0.3) is 10.0 Å². The van der Waals surface area contributed by atoms with Gasteiger partial charge >= 0.3 is 6.01 Å². The van der Waals surface area contributed by atoms with Crippen molar-refractivity contribution in [2.75, 3.05) is 0 Å². The molecule has 22 heavy (non-hydrogen) atoms. The summed E-state index contributed by atoms with van der Waals surface area (Å²) in [6.07, 6.45) is 8.87. The van der Waals surface area contributed by atoms with E-state index in [-0.39, 0.29) is 17.2 Å². The Kier molecular flexibility index (Phi) is 4.34.